The Balaban J connectivity index is 2.12. The van der Waals surface area contributed by atoms with Crippen LogP contribution in [0.1, 0.15) is 38.0 Å². The summed E-state index contributed by atoms with van der Waals surface area (Å²) < 4.78 is 5.46. The fourth-order valence-corrected chi connectivity index (χ4v) is 2.43. The molecule has 0 spiro atoms. The predicted molar refractivity (Wildman–Crippen MR) is 84.7 cm³/mol. The fourth-order valence-electron chi connectivity index (χ4n) is 2.22. The lowest BCUT2D eigenvalue weighted by Gasteiger charge is -2.19. The van der Waals surface area contributed by atoms with Gasteiger partial charge in [-0.2, -0.15) is 4.98 Å². The summed E-state index contributed by atoms with van der Waals surface area (Å²) in [6.45, 7) is 6.30. The Kier molecular flexibility index (Phi) is 5.01. The van der Waals surface area contributed by atoms with Gasteiger partial charge in [-0.15, -0.1) is 0 Å². The number of hydrogen-bond donors (Lipinski definition) is 1. The summed E-state index contributed by atoms with van der Waals surface area (Å²) >= 11 is 6.04. The van der Waals surface area contributed by atoms with Crippen LogP contribution in [0.5, 0.6) is 0 Å². The van der Waals surface area contributed by atoms with Crippen molar-refractivity contribution in [1.29, 1.82) is 0 Å². The molecule has 0 radical (unpaired) electrons. The van der Waals surface area contributed by atoms with Crippen LogP contribution in [0.15, 0.2) is 28.8 Å². The van der Waals surface area contributed by atoms with Gasteiger partial charge in [-0.25, -0.2) is 0 Å². The summed E-state index contributed by atoms with van der Waals surface area (Å²) in [5.41, 5.74) is 0.939. The Labute approximate surface area is 130 Å². The maximum Gasteiger partial charge on any atom is 0.232 e. The van der Waals surface area contributed by atoms with E-state index in [1.165, 1.54) is 0 Å². The molecule has 0 aliphatic heterocycles. The summed E-state index contributed by atoms with van der Waals surface area (Å²) in [4.78, 5) is 4.54. The maximum absolute atomic E-state index is 6.04. The second kappa shape index (κ2) is 6.58. The number of halogens is 1. The Bertz CT molecular complexity index is 595. The molecule has 1 aromatic heterocycles. The third-order valence-corrected chi connectivity index (χ3v) is 3.80. The molecule has 5 heteroatoms. The normalized spacial score (nSPS) is 13.4. The van der Waals surface area contributed by atoms with Crippen molar-refractivity contribution in [3.8, 4) is 0 Å². The van der Waals surface area contributed by atoms with E-state index in [-0.39, 0.29) is 5.41 Å². The number of aromatic nitrogens is 2. The van der Waals surface area contributed by atoms with Gasteiger partial charge in [0.2, 0.25) is 5.89 Å². The molecular formula is C16H22ClN3O. The van der Waals surface area contributed by atoms with Crippen LogP contribution >= 0.6 is 11.6 Å². The molecule has 1 atom stereocenters. The summed E-state index contributed by atoms with van der Waals surface area (Å²) in [5.74, 6) is 1.41. The van der Waals surface area contributed by atoms with Crippen molar-refractivity contribution in [1.82, 2.24) is 15.5 Å². The second-order valence-electron chi connectivity index (χ2n) is 6.10. The first-order chi connectivity index (χ1) is 9.90. The van der Waals surface area contributed by atoms with Crippen LogP contribution in [0, 0.1) is 0 Å². The molecule has 1 aromatic carbocycles. The van der Waals surface area contributed by atoms with Gasteiger partial charge in [0.15, 0.2) is 5.82 Å². The zero-order chi connectivity index (χ0) is 15.5. The van der Waals surface area contributed by atoms with Gasteiger partial charge in [-0.05, 0) is 38.1 Å². The van der Waals surface area contributed by atoms with Crippen LogP contribution in [0.3, 0.4) is 0 Å². The molecule has 1 unspecified atom stereocenters. The first-order valence-corrected chi connectivity index (χ1v) is 7.53. The molecule has 0 saturated heterocycles. The van der Waals surface area contributed by atoms with Crippen molar-refractivity contribution in [2.45, 2.75) is 45.1 Å². The molecule has 21 heavy (non-hydrogen) atoms. The average molecular weight is 308 g/mol. The lowest BCUT2D eigenvalue weighted by molar-refractivity contribution is 0.303. The predicted octanol–water partition coefficient (Wildman–Crippen LogP) is 3.39. The standard InChI is InChI=1S/C16H22ClN3O/c1-11(18-4)8-14-19-15(21-20-14)16(2,3)10-12-6-5-7-13(17)9-12/h5-7,9,11,18H,8,10H2,1-4H3. The third kappa shape index (κ3) is 4.29. The Morgan fingerprint density at radius 2 is 2.14 bits per heavy atom. The van der Waals surface area contributed by atoms with Crippen LogP contribution in [0.4, 0.5) is 0 Å². The van der Waals surface area contributed by atoms with E-state index < -0.39 is 0 Å². The van der Waals surface area contributed by atoms with E-state index in [4.69, 9.17) is 16.1 Å². The Morgan fingerprint density at radius 3 is 2.81 bits per heavy atom. The number of nitrogens with zero attached hydrogens (tertiary/aromatic N) is 2. The molecule has 2 aromatic rings. The van der Waals surface area contributed by atoms with Gasteiger partial charge >= 0.3 is 0 Å². The molecule has 0 bridgehead atoms. The number of rotatable bonds is 6. The summed E-state index contributed by atoms with van der Waals surface area (Å²) in [5, 5.41) is 8.00. The lowest BCUT2D eigenvalue weighted by Crippen LogP contribution is -2.24. The number of likely N-dealkylation sites (N-methyl/N-ethyl adjacent to an activating group) is 1. The largest absolute Gasteiger partial charge is 0.339 e. The molecule has 0 aliphatic rings. The Hall–Kier alpha value is -1.39. The van der Waals surface area contributed by atoms with Crippen molar-refractivity contribution in [2.24, 2.45) is 0 Å². The molecule has 0 fully saturated rings. The van der Waals surface area contributed by atoms with Crippen LogP contribution < -0.4 is 5.32 Å². The van der Waals surface area contributed by atoms with E-state index in [0.717, 1.165) is 29.3 Å². The first-order valence-electron chi connectivity index (χ1n) is 7.15. The minimum atomic E-state index is -0.223. The maximum atomic E-state index is 6.04. The molecule has 1 N–H and O–H groups in total. The molecule has 0 saturated carbocycles. The van der Waals surface area contributed by atoms with Gasteiger partial charge in [0, 0.05) is 22.9 Å². The highest BCUT2D eigenvalue weighted by Crippen LogP contribution is 2.27. The fraction of sp³-hybridized carbons (Fsp3) is 0.500. The molecular weight excluding hydrogens is 286 g/mol. The Morgan fingerprint density at radius 1 is 1.38 bits per heavy atom. The molecule has 1 heterocycles. The highest BCUT2D eigenvalue weighted by atomic mass is 35.5. The van der Waals surface area contributed by atoms with Gasteiger partial charge < -0.3 is 9.84 Å². The van der Waals surface area contributed by atoms with E-state index in [1.54, 1.807) is 0 Å². The van der Waals surface area contributed by atoms with Crippen LogP contribution in [0.25, 0.3) is 0 Å². The zero-order valence-corrected chi connectivity index (χ0v) is 13.7. The van der Waals surface area contributed by atoms with E-state index >= 15 is 0 Å². The van der Waals surface area contributed by atoms with Crippen molar-refractivity contribution < 1.29 is 4.52 Å². The van der Waals surface area contributed by atoms with Crippen molar-refractivity contribution in [3.63, 3.8) is 0 Å². The molecule has 114 valence electrons. The second-order valence-corrected chi connectivity index (χ2v) is 6.54. The number of nitrogens with one attached hydrogen (secondary N) is 1. The van der Waals surface area contributed by atoms with Gasteiger partial charge in [0.1, 0.15) is 0 Å². The molecule has 0 aliphatic carbocycles. The minimum Gasteiger partial charge on any atom is -0.339 e. The number of hydrogen-bond acceptors (Lipinski definition) is 4. The van der Waals surface area contributed by atoms with Gasteiger partial charge in [-0.3, -0.25) is 0 Å². The van der Waals surface area contributed by atoms with Crippen LogP contribution in [-0.2, 0) is 18.3 Å². The summed E-state index contributed by atoms with van der Waals surface area (Å²) in [7, 11) is 1.93. The topological polar surface area (TPSA) is 51.0 Å². The van der Waals surface area contributed by atoms with E-state index in [9.17, 15) is 0 Å². The zero-order valence-electron chi connectivity index (χ0n) is 13.0. The highest BCUT2D eigenvalue weighted by molar-refractivity contribution is 6.30. The highest BCUT2D eigenvalue weighted by Gasteiger charge is 2.28. The number of benzene rings is 1. The molecule has 4 nitrogen and oxygen atoms in total. The van der Waals surface area contributed by atoms with Gasteiger partial charge in [0.25, 0.3) is 0 Å². The summed E-state index contributed by atoms with van der Waals surface area (Å²) in [6, 6.07) is 8.20. The van der Waals surface area contributed by atoms with Crippen molar-refractivity contribution >= 4 is 11.6 Å². The first kappa shape index (κ1) is 16.0. The summed E-state index contributed by atoms with van der Waals surface area (Å²) in [6.07, 6.45) is 1.56. The lowest BCUT2D eigenvalue weighted by atomic mass is 9.85. The quantitative estimate of drug-likeness (QED) is 0.888. The van der Waals surface area contributed by atoms with E-state index in [1.807, 2.05) is 25.2 Å². The van der Waals surface area contributed by atoms with Gasteiger partial charge in [0.05, 0.1) is 0 Å². The minimum absolute atomic E-state index is 0.223. The average Bonchev–Trinajstić information content (AvgIpc) is 2.87. The molecule has 0 amide bonds. The smallest absolute Gasteiger partial charge is 0.232 e. The monoisotopic (exact) mass is 307 g/mol. The van der Waals surface area contributed by atoms with Crippen LogP contribution in [0.2, 0.25) is 5.02 Å². The van der Waals surface area contributed by atoms with Crippen LogP contribution in [-0.4, -0.2) is 23.2 Å². The van der Waals surface area contributed by atoms with Crippen molar-refractivity contribution in [2.75, 3.05) is 7.05 Å². The van der Waals surface area contributed by atoms with Gasteiger partial charge in [-0.1, -0.05) is 42.7 Å². The molecule has 2 rings (SSSR count). The van der Waals surface area contributed by atoms with Crippen molar-refractivity contribution in [3.05, 3.63) is 46.6 Å². The SMILES string of the molecule is CNC(C)Cc1noc(C(C)(C)Cc2cccc(Cl)c2)n1. The van der Waals surface area contributed by atoms with E-state index in [2.05, 4.69) is 42.3 Å². The van der Waals surface area contributed by atoms with E-state index in [0.29, 0.717) is 11.9 Å². The third-order valence-electron chi connectivity index (χ3n) is 3.56.